The number of hydrogen-bond donors (Lipinski definition) is 1. The Balaban J connectivity index is 2.42. The summed E-state index contributed by atoms with van der Waals surface area (Å²) in [5.74, 6) is 0. The molecule has 14 heavy (non-hydrogen) atoms. The fraction of sp³-hybridized carbons (Fsp3) is 0.455. The van der Waals surface area contributed by atoms with Gasteiger partial charge in [0.05, 0.1) is 13.8 Å². The third kappa shape index (κ3) is 3.85. The van der Waals surface area contributed by atoms with Gasteiger partial charge in [-0.25, -0.2) is 0 Å². The van der Waals surface area contributed by atoms with Crippen LogP contribution in [0.1, 0.15) is 17.5 Å². The molecule has 0 saturated heterocycles. The van der Waals surface area contributed by atoms with Gasteiger partial charge in [0.15, 0.2) is 0 Å². The van der Waals surface area contributed by atoms with E-state index in [2.05, 4.69) is 5.48 Å². The average molecular weight is 197 g/mol. The smallest absolute Gasteiger partial charge is 0.0897 e. The van der Waals surface area contributed by atoms with Crippen LogP contribution >= 0.6 is 0 Å². The van der Waals surface area contributed by atoms with Crippen molar-refractivity contribution in [3.63, 3.8) is 0 Å². The Morgan fingerprint density at radius 1 is 1.21 bits per heavy atom. The number of rotatable bonds is 6. The SMILES string of the molecule is CONCc1ccc(CCCF)cc1. The number of alkyl halides is 1. The molecule has 78 valence electrons. The van der Waals surface area contributed by atoms with Crippen LogP contribution in [0.5, 0.6) is 0 Å². The van der Waals surface area contributed by atoms with Crippen LogP contribution in [0.15, 0.2) is 24.3 Å². The summed E-state index contributed by atoms with van der Waals surface area (Å²) in [6.45, 7) is 0.451. The van der Waals surface area contributed by atoms with Crippen LogP contribution < -0.4 is 5.48 Å². The summed E-state index contributed by atoms with van der Waals surface area (Å²) in [6.07, 6.45) is 1.42. The minimum Gasteiger partial charge on any atom is -0.305 e. The molecule has 0 radical (unpaired) electrons. The van der Waals surface area contributed by atoms with Crippen molar-refractivity contribution in [2.24, 2.45) is 0 Å². The number of hydrogen-bond acceptors (Lipinski definition) is 2. The van der Waals surface area contributed by atoms with Crippen molar-refractivity contribution in [2.75, 3.05) is 13.8 Å². The lowest BCUT2D eigenvalue weighted by Gasteiger charge is -2.03. The summed E-state index contributed by atoms with van der Waals surface area (Å²) in [5, 5.41) is 0. The molecule has 1 aromatic carbocycles. The van der Waals surface area contributed by atoms with Crippen LogP contribution in [0.25, 0.3) is 0 Å². The van der Waals surface area contributed by atoms with Crippen molar-refractivity contribution >= 4 is 0 Å². The number of nitrogens with one attached hydrogen (secondary N) is 1. The molecule has 0 spiro atoms. The zero-order valence-corrected chi connectivity index (χ0v) is 8.42. The number of halogens is 1. The lowest BCUT2D eigenvalue weighted by Crippen LogP contribution is -2.10. The van der Waals surface area contributed by atoms with Gasteiger partial charge in [-0.1, -0.05) is 24.3 Å². The first-order chi connectivity index (χ1) is 6.86. The molecular weight excluding hydrogens is 181 g/mol. The summed E-state index contributed by atoms with van der Waals surface area (Å²) in [6, 6.07) is 8.11. The number of benzene rings is 1. The fourth-order valence-corrected chi connectivity index (χ4v) is 1.25. The van der Waals surface area contributed by atoms with Crippen molar-refractivity contribution in [1.29, 1.82) is 0 Å². The zero-order valence-electron chi connectivity index (χ0n) is 8.42. The Bertz CT molecular complexity index is 221. The summed E-state index contributed by atoms with van der Waals surface area (Å²) in [7, 11) is 1.59. The van der Waals surface area contributed by atoms with Crippen LogP contribution in [0.2, 0.25) is 0 Å². The van der Waals surface area contributed by atoms with E-state index in [9.17, 15) is 4.39 Å². The third-order valence-electron chi connectivity index (χ3n) is 2.04. The molecule has 0 bridgehead atoms. The standard InChI is InChI=1S/C11H16FNO/c1-14-13-9-11-6-4-10(5-7-11)3-2-8-12/h4-7,13H,2-3,8-9H2,1H3. The van der Waals surface area contributed by atoms with Crippen LogP contribution in [0, 0.1) is 0 Å². The van der Waals surface area contributed by atoms with Gasteiger partial charge in [-0.05, 0) is 24.0 Å². The normalized spacial score (nSPS) is 10.4. The summed E-state index contributed by atoms with van der Waals surface area (Å²) in [5.41, 5.74) is 5.11. The molecule has 0 saturated carbocycles. The highest BCUT2D eigenvalue weighted by atomic mass is 19.1. The van der Waals surface area contributed by atoms with Gasteiger partial charge in [0.25, 0.3) is 0 Å². The molecular formula is C11H16FNO. The topological polar surface area (TPSA) is 21.3 Å². The lowest BCUT2D eigenvalue weighted by atomic mass is 10.1. The van der Waals surface area contributed by atoms with Crippen LogP contribution in [0.3, 0.4) is 0 Å². The van der Waals surface area contributed by atoms with Crippen molar-refractivity contribution in [2.45, 2.75) is 19.4 Å². The molecule has 0 aliphatic rings. The Morgan fingerprint density at radius 3 is 2.43 bits per heavy atom. The molecule has 0 aliphatic carbocycles. The second-order valence-electron chi connectivity index (χ2n) is 3.13. The molecule has 0 aliphatic heterocycles. The van der Waals surface area contributed by atoms with Gasteiger partial charge < -0.3 is 4.84 Å². The molecule has 3 heteroatoms. The average Bonchev–Trinajstić information content (AvgIpc) is 2.25. The van der Waals surface area contributed by atoms with Gasteiger partial charge in [-0.15, -0.1) is 0 Å². The molecule has 0 fully saturated rings. The largest absolute Gasteiger partial charge is 0.305 e. The van der Waals surface area contributed by atoms with Gasteiger partial charge in [-0.2, -0.15) is 5.48 Å². The fourth-order valence-electron chi connectivity index (χ4n) is 1.25. The van der Waals surface area contributed by atoms with Gasteiger partial charge in [0, 0.05) is 6.54 Å². The minimum absolute atomic E-state index is 0.243. The van der Waals surface area contributed by atoms with Gasteiger partial charge in [0.1, 0.15) is 0 Å². The molecule has 1 rings (SSSR count). The van der Waals surface area contributed by atoms with E-state index in [-0.39, 0.29) is 6.67 Å². The first-order valence-electron chi connectivity index (χ1n) is 4.76. The molecule has 0 aromatic heterocycles. The monoisotopic (exact) mass is 197 g/mol. The Hall–Kier alpha value is -0.930. The number of aryl methyl sites for hydroxylation is 1. The van der Waals surface area contributed by atoms with E-state index in [1.807, 2.05) is 24.3 Å². The van der Waals surface area contributed by atoms with Gasteiger partial charge >= 0.3 is 0 Å². The minimum atomic E-state index is -0.243. The van der Waals surface area contributed by atoms with E-state index in [1.54, 1.807) is 7.11 Å². The predicted octanol–water partition coefficient (Wildman–Crippen LogP) is 2.24. The molecule has 0 atom stereocenters. The summed E-state index contributed by atoms with van der Waals surface area (Å²) >= 11 is 0. The summed E-state index contributed by atoms with van der Waals surface area (Å²) in [4.78, 5) is 4.74. The van der Waals surface area contributed by atoms with Crippen LogP contribution in [0.4, 0.5) is 4.39 Å². The second kappa shape index (κ2) is 6.51. The van der Waals surface area contributed by atoms with Crippen molar-refractivity contribution in [1.82, 2.24) is 5.48 Å². The highest BCUT2D eigenvalue weighted by Gasteiger charge is 1.94. The maximum Gasteiger partial charge on any atom is 0.0897 e. The van der Waals surface area contributed by atoms with Gasteiger partial charge in [0.2, 0.25) is 0 Å². The molecule has 0 amide bonds. The molecule has 1 N–H and O–H groups in total. The van der Waals surface area contributed by atoms with E-state index < -0.39 is 0 Å². The quantitative estimate of drug-likeness (QED) is 0.706. The highest BCUT2D eigenvalue weighted by molar-refractivity contribution is 5.22. The number of hydroxylamine groups is 1. The third-order valence-corrected chi connectivity index (χ3v) is 2.04. The van der Waals surface area contributed by atoms with E-state index in [0.29, 0.717) is 13.0 Å². The molecule has 1 aromatic rings. The highest BCUT2D eigenvalue weighted by Crippen LogP contribution is 2.06. The van der Waals surface area contributed by atoms with E-state index in [1.165, 1.54) is 5.56 Å². The Morgan fingerprint density at radius 2 is 1.86 bits per heavy atom. The maximum absolute atomic E-state index is 11.9. The van der Waals surface area contributed by atoms with Crippen molar-refractivity contribution in [3.05, 3.63) is 35.4 Å². The van der Waals surface area contributed by atoms with E-state index >= 15 is 0 Å². The predicted molar refractivity (Wildman–Crippen MR) is 54.6 cm³/mol. The van der Waals surface area contributed by atoms with Crippen LogP contribution in [-0.4, -0.2) is 13.8 Å². The first kappa shape index (κ1) is 11.1. The molecule has 0 heterocycles. The second-order valence-corrected chi connectivity index (χ2v) is 3.13. The van der Waals surface area contributed by atoms with Crippen LogP contribution in [-0.2, 0) is 17.8 Å². The van der Waals surface area contributed by atoms with Crippen molar-refractivity contribution in [3.8, 4) is 0 Å². The summed E-state index contributed by atoms with van der Waals surface area (Å²) < 4.78 is 11.9. The maximum atomic E-state index is 11.9. The molecule has 0 unspecified atom stereocenters. The Kier molecular flexibility index (Phi) is 5.19. The van der Waals surface area contributed by atoms with E-state index in [0.717, 1.165) is 12.0 Å². The van der Waals surface area contributed by atoms with Crippen molar-refractivity contribution < 1.29 is 9.23 Å². The van der Waals surface area contributed by atoms with Gasteiger partial charge in [-0.3, -0.25) is 4.39 Å². The molecule has 2 nitrogen and oxygen atoms in total. The Labute approximate surface area is 84.0 Å². The first-order valence-corrected chi connectivity index (χ1v) is 4.76. The van der Waals surface area contributed by atoms with E-state index in [4.69, 9.17) is 4.84 Å². The zero-order chi connectivity index (χ0) is 10.2. The lowest BCUT2D eigenvalue weighted by molar-refractivity contribution is 0.0867.